The highest BCUT2D eigenvalue weighted by Gasteiger charge is 2.07. The Hall–Kier alpha value is -2.60. The Morgan fingerprint density at radius 1 is 1.21 bits per heavy atom. The van der Waals surface area contributed by atoms with Crippen molar-refractivity contribution in [1.82, 2.24) is 10.3 Å². The Morgan fingerprint density at radius 3 is 2.71 bits per heavy atom. The van der Waals surface area contributed by atoms with Crippen LogP contribution in [0.5, 0.6) is 0 Å². The molecule has 7 heteroatoms. The van der Waals surface area contributed by atoms with Gasteiger partial charge in [0.05, 0.1) is 10.7 Å². The molecule has 0 bridgehead atoms. The maximum Gasteiger partial charge on any atom is 0.319 e. The molecule has 0 saturated heterocycles. The summed E-state index contributed by atoms with van der Waals surface area (Å²) in [6.45, 7) is 3.88. The zero-order valence-corrected chi connectivity index (χ0v) is 14.3. The minimum atomic E-state index is -0.321. The normalized spacial score (nSPS) is 10.1. The lowest BCUT2D eigenvalue weighted by molar-refractivity contribution is -0.114. The number of nitrogens with zero attached hydrogens (tertiary/aromatic N) is 1. The van der Waals surface area contributed by atoms with E-state index in [-0.39, 0.29) is 11.9 Å². The number of carbonyl (C=O) groups excluding carboxylic acids is 2. The predicted octanol–water partition coefficient (Wildman–Crippen LogP) is 3.37. The molecular weight excluding hydrogens is 328 g/mol. The molecule has 1 aromatic carbocycles. The summed E-state index contributed by atoms with van der Waals surface area (Å²) in [5.41, 5.74) is 3.23. The molecule has 0 saturated carbocycles. The highest BCUT2D eigenvalue weighted by atomic mass is 35.5. The van der Waals surface area contributed by atoms with Crippen LogP contribution in [0.25, 0.3) is 0 Å². The van der Waals surface area contributed by atoms with Gasteiger partial charge in [-0.05, 0) is 48.7 Å². The van der Waals surface area contributed by atoms with Gasteiger partial charge in [-0.2, -0.15) is 0 Å². The van der Waals surface area contributed by atoms with E-state index in [2.05, 4.69) is 20.9 Å². The first-order valence-electron chi connectivity index (χ1n) is 7.47. The lowest BCUT2D eigenvalue weighted by Crippen LogP contribution is -2.30. The van der Waals surface area contributed by atoms with Crippen molar-refractivity contribution in [1.29, 1.82) is 0 Å². The molecule has 2 aromatic rings. The van der Waals surface area contributed by atoms with E-state index in [1.807, 2.05) is 13.0 Å². The number of aryl methyl sites for hydroxylation is 1. The zero-order valence-electron chi connectivity index (χ0n) is 13.5. The quantitative estimate of drug-likeness (QED) is 0.776. The van der Waals surface area contributed by atoms with E-state index in [1.165, 1.54) is 6.92 Å². The number of amides is 3. The van der Waals surface area contributed by atoms with Gasteiger partial charge in [0.1, 0.15) is 0 Å². The number of halogens is 1. The molecule has 1 aromatic heterocycles. The number of pyridine rings is 1. The van der Waals surface area contributed by atoms with Crippen LogP contribution in [0.4, 0.5) is 16.2 Å². The van der Waals surface area contributed by atoms with E-state index in [0.29, 0.717) is 22.9 Å². The van der Waals surface area contributed by atoms with Gasteiger partial charge in [-0.1, -0.05) is 11.6 Å². The molecule has 0 fully saturated rings. The number of urea groups is 1. The first kappa shape index (κ1) is 17.7. The second-order valence-electron chi connectivity index (χ2n) is 5.31. The summed E-state index contributed by atoms with van der Waals surface area (Å²) in [5, 5.41) is 8.52. The number of hydrogen-bond donors (Lipinski definition) is 3. The van der Waals surface area contributed by atoms with E-state index < -0.39 is 0 Å². The summed E-state index contributed by atoms with van der Waals surface area (Å²) in [6, 6.07) is 6.51. The minimum Gasteiger partial charge on any atom is -0.338 e. The van der Waals surface area contributed by atoms with E-state index >= 15 is 0 Å². The summed E-state index contributed by atoms with van der Waals surface area (Å²) in [6.07, 6.45) is 4.26. The molecule has 1 heterocycles. The molecule has 0 spiro atoms. The van der Waals surface area contributed by atoms with Gasteiger partial charge in [0.25, 0.3) is 0 Å². The third kappa shape index (κ3) is 5.24. The monoisotopic (exact) mass is 346 g/mol. The second-order valence-corrected chi connectivity index (χ2v) is 5.72. The minimum absolute atomic E-state index is 0.230. The highest BCUT2D eigenvalue weighted by molar-refractivity contribution is 6.33. The van der Waals surface area contributed by atoms with E-state index in [4.69, 9.17) is 11.6 Å². The molecule has 0 aliphatic carbocycles. The SMILES string of the molecule is CC(=O)Nc1cc(NC(=O)NCCc2ccncc2C)ccc1Cl. The van der Waals surface area contributed by atoms with Gasteiger partial charge >= 0.3 is 6.03 Å². The summed E-state index contributed by atoms with van der Waals surface area (Å²) < 4.78 is 0. The van der Waals surface area contributed by atoms with Crippen LogP contribution in [-0.4, -0.2) is 23.5 Å². The zero-order chi connectivity index (χ0) is 17.5. The van der Waals surface area contributed by atoms with Gasteiger partial charge in [-0.3, -0.25) is 9.78 Å². The van der Waals surface area contributed by atoms with Crippen molar-refractivity contribution in [3.8, 4) is 0 Å². The van der Waals surface area contributed by atoms with E-state index in [0.717, 1.165) is 17.5 Å². The Kier molecular flexibility index (Phi) is 6.14. The van der Waals surface area contributed by atoms with Crippen molar-refractivity contribution in [3.05, 3.63) is 52.8 Å². The topological polar surface area (TPSA) is 83.1 Å². The molecule has 0 radical (unpaired) electrons. The van der Waals surface area contributed by atoms with Crippen LogP contribution >= 0.6 is 11.6 Å². The molecule has 0 atom stereocenters. The van der Waals surface area contributed by atoms with Crippen molar-refractivity contribution in [2.24, 2.45) is 0 Å². The summed E-state index contributed by atoms with van der Waals surface area (Å²) in [5.74, 6) is -0.230. The van der Waals surface area contributed by atoms with Crippen molar-refractivity contribution in [3.63, 3.8) is 0 Å². The molecule has 0 unspecified atom stereocenters. The second kappa shape index (κ2) is 8.31. The van der Waals surface area contributed by atoms with Crippen molar-refractivity contribution in [2.75, 3.05) is 17.2 Å². The molecule has 2 rings (SSSR count). The van der Waals surface area contributed by atoms with Crippen LogP contribution in [0.2, 0.25) is 5.02 Å². The lowest BCUT2D eigenvalue weighted by atomic mass is 10.1. The van der Waals surface area contributed by atoms with Gasteiger partial charge in [-0.15, -0.1) is 0 Å². The smallest absolute Gasteiger partial charge is 0.319 e. The maximum atomic E-state index is 12.0. The van der Waals surface area contributed by atoms with Crippen LogP contribution < -0.4 is 16.0 Å². The highest BCUT2D eigenvalue weighted by Crippen LogP contribution is 2.25. The molecule has 6 nitrogen and oxygen atoms in total. The maximum absolute atomic E-state index is 12.0. The predicted molar refractivity (Wildman–Crippen MR) is 95.5 cm³/mol. The Bertz CT molecular complexity index is 749. The lowest BCUT2D eigenvalue weighted by Gasteiger charge is -2.11. The van der Waals surface area contributed by atoms with Crippen molar-refractivity contribution < 1.29 is 9.59 Å². The number of aromatic nitrogens is 1. The molecule has 0 aliphatic rings. The molecule has 126 valence electrons. The van der Waals surface area contributed by atoms with Gasteiger partial charge in [0, 0.05) is 31.5 Å². The van der Waals surface area contributed by atoms with Gasteiger partial charge < -0.3 is 16.0 Å². The number of anilines is 2. The molecule has 3 N–H and O–H groups in total. The third-order valence-electron chi connectivity index (χ3n) is 3.35. The average molecular weight is 347 g/mol. The number of nitrogens with one attached hydrogen (secondary N) is 3. The van der Waals surface area contributed by atoms with Crippen molar-refractivity contribution >= 4 is 34.9 Å². The summed E-state index contributed by atoms with van der Waals surface area (Å²) >= 11 is 5.99. The van der Waals surface area contributed by atoms with Gasteiger partial charge in [0.2, 0.25) is 5.91 Å². The van der Waals surface area contributed by atoms with Crippen LogP contribution in [0.1, 0.15) is 18.1 Å². The first-order chi connectivity index (χ1) is 11.5. The van der Waals surface area contributed by atoms with E-state index in [9.17, 15) is 9.59 Å². The van der Waals surface area contributed by atoms with Gasteiger partial charge in [0.15, 0.2) is 0 Å². The largest absolute Gasteiger partial charge is 0.338 e. The van der Waals surface area contributed by atoms with Crippen molar-refractivity contribution in [2.45, 2.75) is 20.3 Å². The third-order valence-corrected chi connectivity index (χ3v) is 3.68. The number of hydrogen-bond acceptors (Lipinski definition) is 3. The standard InChI is InChI=1S/C17H19ClN4O2/c1-11-10-19-7-5-13(11)6-8-20-17(24)22-14-3-4-15(18)16(9-14)21-12(2)23/h3-5,7,9-10H,6,8H2,1-2H3,(H,21,23)(H2,20,22,24). The Labute approximate surface area is 145 Å². The van der Waals surface area contributed by atoms with Crippen LogP contribution in [-0.2, 0) is 11.2 Å². The Balaban J connectivity index is 1.88. The molecule has 3 amide bonds. The first-order valence-corrected chi connectivity index (χ1v) is 7.85. The molecule has 0 aliphatic heterocycles. The Morgan fingerprint density at radius 2 is 2.00 bits per heavy atom. The molecular formula is C17H19ClN4O2. The molecule has 24 heavy (non-hydrogen) atoms. The number of rotatable bonds is 5. The fourth-order valence-corrected chi connectivity index (χ4v) is 2.32. The van der Waals surface area contributed by atoms with Crippen LogP contribution in [0.3, 0.4) is 0 Å². The van der Waals surface area contributed by atoms with Crippen LogP contribution in [0.15, 0.2) is 36.7 Å². The summed E-state index contributed by atoms with van der Waals surface area (Å²) in [7, 11) is 0. The van der Waals surface area contributed by atoms with Gasteiger partial charge in [-0.25, -0.2) is 4.79 Å². The fourth-order valence-electron chi connectivity index (χ4n) is 2.16. The fraction of sp³-hybridized carbons (Fsp3) is 0.235. The average Bonchev–Trinajstić information content (AvgIpc) is 2.52. The van der Waals surface area contributed by atoms with Crippen LogP contribution in [0, 0.1) is 6.92 Å². The number of benzene rings is 1. The van der Waals surface area contributed by atoms with E-state index in [1.54, 1.807) is 30.6 Å². The summed E-state index contributed by atoms with van der Waals surface area (Å²) in [4.78, 5) is 27.1. The number of carbonyl (C=O) groups is 2.